The molecule has 0 spiro atoms. The molecule has 5 heteroatoms. The van der Waals surface area contributed by atoms with E-state index in [-0.39, 0.29) is 5.91 Å². The summed E-state index contributed by atoms with van der Waals surface area (Å²) in [5, 5.41) is 0.931. The fourth-order valence-corrected chi connectivity index (χ4v) is 3.01. The van der Waals surface area contributed by atoms with Gasteiger partial charge in [-0.05, 0) is 44.0 Å². The zero-order valence-electron chi connectivity index (χ0n) is 15.3. The van der Waals surface area contributed by atoms with Crippen molar-refractivity contribution in [2.45, 2.75) is 33.7 Å². The molecule has 130 valence electrons. The molecule has 0 atom stereocenters. The van der Waals surface area contributed by atoms with Crippen molar-refractivity contribution < 1.29 is 4.79 Å². The zero-order chi connectivity index (χ0) is 18.0. The van der Waals surface area contributed by atoms with Gasteiger partial charge < -0.3 is 9.47 Å². The van der Waals surface area contributed by atoms with Gasteiger partial charge in [0.1, 0.15) is 5.82 Å². The molecule has 1 amide bonds. The highest BCUT2D eigenvalue weighted by molar-refractivity contribution is 6.06. The summed E-state index contributed by atoms with van der Waals surface area (Å²) >= 11 is 0. The maximum atomic E-state index is 13.0. The minimum absolute atomic E-state index is 0.0292. The maximum Gasteiger partial charge on any atom is 0.254 e. The van der Waals surface area contributed by atoms with Crippen LogP contribution in [0.4, 0.5) is 0 Å². The Kier molecular flexibility index (Phi) is 4.83. The number of hydrogen-bond acceptors (Lipinski definition) is 3. The van der Waals surface area contributed by atoms with E-state index >= 15 is 0 Å². The Morgan fingerprint density at radius 3 is 2.72 bits per heavy atom. The van der Waals surface area contributed by atoms with Gasteiger partial charge in [-0.1, -0.05) is 13.0 Å². The van der Waals surface area contributed by atoms with Crippen LogP contribution >= 0.6 is 0 Å². The normalized spacial score (nSPS) is 11.0. The van der Waals surface area contributed by atoms with Crippen molar-refractivity contribution in [1.29, 1.82) is 0 Å². The van der Waals surface area contributed by atoms with Gasteiger partial charge in [-0.25, -0.2) is 4.98 Å². The number of aromatic nitrogens is 3. The van der Waals surface area contributed by atoms with Gasteiger partial charge in [0, 0.05) is 43.6 Å². The van der Waals surface area contributed by atoms with E-state index in [1.807, 2.05) is 39.2 Å². The van der Waals surface area contributed by atoms with Crippen molar-refractivity contribution in [2.24, 2.45) is 0 Å². The lowest BCUT2D eigenvalue weighted by atomic mass is 10.0. The third-order valence-corrected chi connectivity index (χ3v) is 4.59. The summed E-state index contributed by atoms with van der Waals surface area (Å²) in [6.07, 6.45) is 4.66. The Hall–Kier alpha value is -2.69. The number of carbonyl (C=O) groups excluding carboxylic acids is 1. The first-order valence-electron chi connectivity index (χ1n) is 8.63. The van der Waals surface area contributed by atoms with Crippen LogP contribution in [0.5, 0.6) is 0 Å². The number of rotatable bonds is 5. The quantitative estimate of drug-likeness (QED) is 0.718. The van der Waals surface area contributed by atoms with Crippen molar-refractivity contribution in [1.82, 2.24) is 19.4 Å². The summed E-state index contributed by atoms with van der Waals surface area (Å²) in [5.41, 5.74) is 3.67. The van der Waals surface area contributed by atoms with Gasteiger partial charge in [0.25, 0.3) is 5.91 Å². The molecule has 0 saturated heterocycles. The van der Waals surface area contributed by atoms with Crippen LogP contribution in [0.3, 0.4) is 0 Å². The number of carbonyl (C=O) groups is 1. The number of likely N-dealkylation sites (N-methyl/N-ethyl adjacent to an activating group) is 1. The van der Waals surface area contributed by atoms with E-state index in [2.05, 4.69) is 33.6 Å². The second-order valence-corrected chi connectivity index (χ2v) is 6.41. The Bertz CT molecular complexity index is 913. The third kappa shape index (κ3) is 3.55. The van der Waals surface area contributed by atoms with Gasteiger partial charge >= 0.3 is 0 Å². The summed E-state index contributed by atoms with van der Waals surface area (Å²) in [7, 11) is 1.85. The van der Waals surface area contributed by atoms with Crippen LogP contribution < -0.4 is 0 Å². The topological polar surface area (TPSA) is 51.0 Å². The first-order valence-corrected chi connectivity index (χ1v) is 8.63. The second-order valence-electron chi connectivity index (χ2n) is 6.41. The Balaban J connectivity index is 1.88. The Labute approximate surface area is 148 Å². The van der Waals surface area contributed by atoms with E-state index < -0.39 is 0 Å². The number of fused-ring (bicyclic) bond motifs is 1. The van der Waals surface area contributed by atoms with Gasteiger partial charge in [0.15, 0.2) is 0 Å². The molecular weight excluding hydrogens is 312 g/mol. The SMILES string of the molecule is CCc1ccc2nc(C)cc(C(=O)N(C)CCn3ccnc3C)c2c1. The van der Waals surface area contributed by atoms with Crippen molar-refractivity contribution >= 4 is 16.8 Å². The minimum Gasteiger partial charge on any atom is -0.340 e. The van der Waals surface area contributed by atoms with E-state index in [4.69, 9.17) is 0 Å². The molecule has 3 rings (SSSR count). The largest absolute Gasteiger partial charge is 0.340 e. The van der Waals surface area contributed by atoms with Crippen molar-refractivity contribution in [3.8, 4) is 0 Å². The predicted octanol–water partition coefficient (Wildman–Crippen LogP) is 3.38. The highest BCUT2D eigenvalue weighted by Gasteiger charge is 2.16. The molecule has 2 aromatic heterocycles. The molecule has 0 bridgehead atoms. The van der Waals surface area contributed by atoms with Crippen molar-refractivity contribution in [3.05, 3.63) is 59.3 Å². The van der Waals surface area contributed by atoms with Crippen molar-refractivity contribution in [2.75, 3.05) is 13.6 Å². The van der Waals surface area contributed by atoms with Gasteiger partial charge in [-0.3, -0.25) is 9.78 Å². The first kappa shape index (κ1) is 17.1. The molecule has 0 aliphatic carbocycles. The minimum atomic E-state index is 0.0292. The number of amides is 1. The smallest absolute Gasteiger partial charge is 0.254 e. The summed E-state index contributed by atoms with van der Waals surface area (Å²) in [6, 6.07) is 8.06. The van der Waals surface area contributed by atoms with E-state index in [1.165, 1.54) is 5.56 Å². The fourth-order valence-electron chi connectivity index (χ4n) is 3.01. The summed E-state index contributed by atoms with van der Waals surface area (Å²) < 4.78 is 2.05. The lowest BCUT2D eigenvalue weighted by Crippen LogP contribution is -2.30. The molecule has 0 aliphatic rings. The van der Waals surface area contributed by atoms with Crippen LogP contribution in [0, 0.1) is 13.8 Å². The molecule has 0 radical (unpaired) electrons. The lowest BCUT2D eigenvalue weighted by molar-refractivity contribution is 0.0792. The van der Waals surface area contributed by atoms with Crippen LogP contribution in [0.25, 0.3) is 10.9 Å². The molecule has 5 nitrogen and oxygen atoms in total. The van der Waals surface area contributed by atoms with Crippen LogP contribution in [-0.4, -0.2) is 38.9 Å². The Morgan fingerprint density at radius 1 is 1.24 bits per heavy atom. The standard InChI is InChI=1S/C20H24N4O/c1-5-16-6-7-19-17(13-16)18(12-14(2)22-19)20(25)23(4)10-11-24-9-8-21-15(24)3/h6-9,12-13H,5,10-11H2,1-4H3. The molecule has 0 fully saturated rings. The summed E-state index contributed by atoms with van der Waals surface area (Å²) in [6.45, 7) is 7.37. The molecule has 0 aliphatic heterocycles. The monoisotopic (exact) mass is 336 g/mol. The number of hydrogen-bond donors (Lipinski definition) is 0. The average molecular weight is 336 g/mol. The lowest BCUT2D eigenvalue weighted by Gasteiger charge is -2.19. The van der Waals surface area contributed by atoms with Gasteiger partial charge in [0.05, 0.1) is 11.1 Å². The molecule has 1 aromatic carbocycles. The number of imidazole rings is 1. The van der Waals surface area contributed by atoms with E-state index in [9.17, 15) is 4.79 Å². The molecule has 0 N–H and O–H groups in total. The van der Waals surface area contributed by atoms with E-state index in [1.54, 1.807) is 11.1 Å². The van der Waals surface area contributed by atoms with E-state index in [0.717, 1.165) is 41.0 Å². The number of benzene rings is 1. The second kappa shape index (κ2) is 7.05. The highest BCUT2D eigenvalue weighted by atomic mass is 16.2. The molecule has 25 heavy (non-hydrogen) atoms. The number of nitrogens with zero attached hydrogens (tertiary/aromatic N) is 4. The van der Waals surface area contributed by atoms with Gasteiger partial charge in [0.2, 0.25) is 0 Å². The molecule has 2 heterocycles. The molecule has 0 unspecified atom stereocenters. The van der Waals surface area contributed by atoms with Gasteiger partial charge in [-0.15, -0.1) is 0 Å². The first-order chi connectivity index (χ1) is 12.0. The average Bonchev–Trinajstić information content (AvgIpc) is 3.02. The highest BCUT2D eigenvalue weighted by Crippen LogP contribution is 2.22. The van der Waals surface area contributed by atoms with Crippen molar-refractivity contribution in [3.63, 3.8) is 0 Å². The molecule has 0 saturated carbocycles. The molecule has 3 aromatic rings. The zero-order valence-corrected chi connectivity index (χ0v) is 15.3. The maximum absolute atomic E-state index is 13.0. The van der Waals surface area contributed by atoms with Gasteiger partial charge in [-0.2, -0.15) is 0 Å². The number of pyridine rings is 1. The van der Waals surface area contributed by atoms with E-state index in [0.29, 0.717) is 6.54 Å². The predicted molar refractivity (Wildman–Crippen MR) is 99.8 cm³/mol. The summed E-state index contributed by atoms with van der Waals surface area (Å²) in [4.78, 5) is 23.6. The van der Waals surface area contributed by atoms with Crippen LogP contribution in [-0.2, 0) is 13.0 Å². The Morgan fingerprint density at radius 2 is 2.04 bits per heavy atom. The summed E-state index contributed by atoms with van der Waals surface area (Å²) in [5.74, 6) is 0.986. The van der Waals surface area contributed by atoms with Crippen LogP contribution in [0.2, 0.25) is 0 Å². The molecular formula is C20H24N4O. The van der Waals surface area contributed by atoms with Crippen LogP contribution in [0.1, 0.15) is 34.4 Å². The fraction of sp³-hybridized carbons (Fsp3) is 0.350. The number of aryl methyl sites for hydroxylation is 3. The third-order valence-electron chi connectivity index (χ3n) is 4.59. The van der Waals surface area contributed by atoms with Crippen LogP contribution in [0.15, 0.2) is 36.7 Å².